The first kappa shape index (κ1) is 20.4. The second kappa shape index (κ2) is 8.81. The van der Waals surface area contributed by atoms with Gasteiger partial charge in [0.25, 0.3) is 0 Å². The fourth-order valence-corrected chi connectivity index (χ4v) is 4.87. The molecule has 2 aromatic rings. The maximum absolute atomic E-state index is 13.0. The zero-order valence-electron chi connectivity index (χ0n) is 16.5. The fourth-order valence-electron chi connectivity index (χ4n) is 3.42. The van der Waals surface area contributed by atoms with Crippen molar-refractivity contribution >= 4 is 10.0 Å². The molecule has 3 rings (SSSR count). The first-order valence-electron chi connectivity index (χ1n) is 9.16. The van der Waals surface area contributed by atoms with E-state index in [9.17, 15) is 8.42 Å². The van der Waals surface area contributed by atoms with E-state index in [-0.39, 0.29) is 4.90 Å². The van der Waals surface area contributed by atoms with Gasteiger partial charge in [-0.3, -0.25) is 0 Å². The molecule has 1 saturated heterocycles. The van der Waals surface area contributed by atoms with Crippen LogP contribution in [-0.2, 0) is 16.6 Å². The van der Waals surface area contributed by atoms with Crippen molar-refractivity contribution in [2.24, 2.45) is 0 Å². The zero-order chi connectivity index (χ0) is 20.1. The van der Waals surface area contributed by atoms with Crippen LogP contribution in [0.15, 0.2) is 47.4 Å². The van der Waals surface area contributed by atoms with E-state index in [1.165, 1.54) is 30.7 Å². The van der Waals surface area contributed by atoms with E-state index in [4.69, 9.17) is 14.2 Å². The van der Waals surface area contributed by atoms with E-state index in [0.29, 0.717) is 24.6 Å². The van der Waals surface area contributed by atoms with Crippen LogP contribution in [0.25, 0.3) is 0 Å². The molecule has 0 atom stereocenters. The van der Waals surface area contributed by atoms with E-state index in [1.807, 2.05) is 18.2 Å². The lowest BCUT2D eigenvalue weighted by Gasteiger charge is -2.31. The van der Waals surface area contributed by atoms with E-state index >= 15 is 0 Å². The Hall–Kier alpha value is -2.29. The van der Waals surface area contributed by atoms with Gasteiger partial charge in [0.05, 0.1) is 52.4 Å². The van der Waals surface area contributed by atoms with Gasteiger partial charge < -0.3 is 19.1 Å². The zero-order valence-corrected chi connectivity index (χ0v) is 17.3. The molecule has 0 saturated carbocycles. The predicted molar refractivity (Wildman–Crippen MR) is 106 cm³/mol. The molecule has 8 heteroatoms. The van der Waals surface area contributed by atoms with Crippen LogP contribution < -0.4 is 19.1 Å². The normalized spacial score (nSPS) is 16.0. The van der Waals surface area contributed by atoms with Crippen molar-refractivity contribution in [3.05, 3.63) is 48.0 Å². The summed E-state index contributed by atoms with van der Waals surface area (Å²) in [4.78, 5) is 1.58. The second-order valence-corrected chi connectivity index (χ2v) is 8.64. The third-order valence-corrected chi connectivity index (χ3v) is 6.91. The second-order valence-electron chi connectivity index (χ2n) is 6.70. The topological polar surface area (TPSA) is 69.5 Å². The average Bonchev–Trinajstić information content (AvgIpc) is 2.73. The van der Waals surface area contributed by atoms with Gasteiger partial charge in [0.2, 0.25) is 10.0 Å². The molecular weight excluding hydrogens is 380 g/mol. The molecule has 0 aromatic heterocycles. The number of rotatable bonds is 7. The Morgan fingerprint density at radius 3 is 2.29 bits per heavy atom. The van der Waals surface area contributed by atoms with Crippen LogP contribution in [0.3, 0.4) is 0 Å². The maximum atomic E-state index is 13.0. The van der Waals surface area contributed by atoms with Crippen molar-refractivity contribution in [2.45, 2.75) is 11.4 Å². The summed E-state index contributed by atoms with van der Waals surface area (Å²) in [6.07, 6.45) is 0. The van der Waals surface area contributed by atoms with E-state index in [0.717, 1.165) is 25.4 Å². The van der Waals surface area contributed by atoms with Gasteiger partial charge in [0.15, 0.2) is 11.5 Å². The van der Waals surface area contributed by atoms with Gasteiger partial charge in [-0.1, -0.05) is 12.1 Å². The molecule has 1 aliphatic heterocycles. The summed E-state index contributed by atoms with van der Waals surface area (Å²) >= 11 is 0. The van der Waals surface area contributed by atoms with Crippen molar-refractivity contribution < 1.29 is 27.5 Å². The summed E-state index contributed by atoms with van der Waals surface area (Å²) in [6, 6.07) is 12.7. The highest BCUT2D eigenvalue weighted by Gasteiger charge is 2.31. The number of benzene rings is 2. The summed E-state index contributed by atoms with van der Waals surface area (Å²) in [6.45, 7) is 3.32. The number of hydrogen-bond acceptors (Lipinski definition) is 5. The molecule has 7 nitrogen and oxygen atoms in total. The Bertz CT molecular complexity index is 909. The van der Waals surface area contributed by atoms with Gasteiger partial charge in [-0.05, 0) is 24.3 Å². The van der Waals surface area contributed by atoms with Gasteiger partial charge in [-0.25, -0.2) is 8.42 Å². The summed E-state index contributed by atoms with van der Waals surface area (Å²) < 4.78 is 43.3. The first-order chi connectivity index (χ1) is 13.5. The van der Waals surface area contributed by atoms with E-state index < -0.39 is 10.0 Å². The lowest BCUT2D eigenvalue weighted by molar-refractivity contribution is -0.917. The molecule has 1 fully saturated rings. The van der Waals surface area contributed by atoms with Gasteiger partial charge in [0, 0.05) is 11.6 Å². The van der Waals surface area contributed by atoms with Crippen LogP contribution in [0, 0.1) is 0 Å². The Labute approximate surface area is 166 Å². The number of sulfonamides is 1. The number of methoxy groups -OCH3 is 3. The highest BCUT2D eigenvalue weighted by molar-refractivity contribution is 7.89. The molecular formula is C20H27N2O5S+. The largest absolute Gasteiger partial charge is 0.497 e. The molecule has 152 valence electrons. The fraction of sp³-hybridized carbons (Fsp3) is 0.400. The quantitative estimate of drug-likeness (QED) is 0.735. The smallest absolute Gasteiger partial charge is 0.243 e. The van der Waals surface area contributed by atoms with Gasteiger partial charge in [0.1, 0.15) is 12.3 Å². The Kier molecular flexibility index (Phi) is 6.43. The molecule has 0 bridgehead atoms. The summed E-state index contributed by atoms with van der Waals surface area (Å²) in [5.74, 6) is 1.76. The van der Waals surface area contributed by atoms with E-state index in [2.05, 4.69) is 6.07 Å². The molecule has 1 aliphatic rings. The molecule has 0 unspecified atom stereocenters. The summed E-state index contributed by atoms with van der Waals surface area (Å²) in [5.41, 5.74) is 1.19. The van der Waals surface area contributed by atoms with Crippen LogP contribution in [0.4, 0.5) is 0 Å². The van der Waals surface area contributed by atoms with Crippen LogP contribution in [0.5, 0.6) is 17.2 Å². The van der Waals surface area contributed by atoms with Crippen LogP contribution in [0.2, 0.25) is 0 Å². The van der Waals surface area contributed by atoms with Crippen LogP contribution >= 0.6 is 0 Å². The predicted octanol–water partition coefficient (Wildman–Crippen LogP) is 0.802. The Morgan fingerprint density at radius 1 is 0.929 bits per heavy atom. The average molecular weight is 408 g/mol. The molecule has 0 spiro atoms. The third-order valence-electron chi connectivity index (χ3n) is 5.01. The van der Waals surface area contributed by atoms with Crippen LogP contribution in [0.1, 0.15) is 5.56 Å². The first-order valence-corrected chi connectivity index (χ1v) is 10.6. The minimum Gasteiger partial charge on any atom is -0.497 e. The number of quaternary nitrogens is 1. The summed E-state index contributed by atoms with van der Waals surface area (Å²) in [7, 11) is 1.11. The third kappa shape index (κ3) is 4.40. The van der Waals surface area contributed by atoms with Crippen molar-refractivity contribution in [1.29, 1.82) is 0 Å². The molecule has 0 radical (unpaired) electrons. The number of nitrogens with one attached hydrogen (secondary N) is 1. The van der Waals surface area contributed by atoms with Crippen molar-refractivity contribution in [3.8, 4) is 17.2 Å². The summed E-state index contributed by atoms with van der Waals surface area (Å²) in [5, 5.41) is 0. The van der Waals surface area contributed by atoms with Gasteiger partial charge in [-0.15, -0.1) is 0 Å². The minimum absolute atomic E-state index is 0.224. The molecule has 1 heterocycles. The Morgan fingerprint density at radius 2 is 1.64 bits per heavy atom. The number of hydrogen-bond donors (Lipinski definition) is 1. The number of nitrogens with zero attached hydrogens (tertiary/aromatic N) is 1. The lowest BCUT2D eigenvalue weighted by Crippen LogP contribution is -3.13. The Balaban J connectivity index is 1.66. The highest BCUT2D eigenvalue weighted by atomic mass is 32.2. The van der Waals surface area contributed by atoms with Gasteiger partial charge in [-0.2, -0.15) is 4.31 Å². The molecule has 0 aliphatic carbocycles. The lowest BCUT2D eigenvalue weighted by atomic mass is 10.2. The standard InChI is InChI=1S/C20H26N2O5S/c1-25-17-6-4-5-16(13-17)15-21-9-11-22(12-10-21)28(23,24)18-7-8-19(26-2)20(14-18)27-3/h4-8,13-14H,9-12,15H2,1-3H3/p+1. The maximum Gasteiger partial charge on any atom is 0.243 e. The molecule has 2 aromatic carbocycles. The van der Waals surface area contributed by atoms with Gasteiger partial charge >= 0.3 is 0 Å². The minimum atomic E-state index is -3.56. The molecule has 28 heavy (non-hydrogen) atoms. The number of ether oxygens (including phenoxy) is 3. The highest BCUT2D eigenvalue weighted by Crippen LogP contribution is 2.30. The SMILES string of the molecule is COc1cccc(C[NH+]2CCN(S(=O)(=O)c3ccc(OC)c(OC)c3)CC2)c1. The molecule has 1 N–H and O–H groups in total. The molecule has 0 amide bonds. The van der Waals surface area contributed by atoms with E-state index in [1.54, 1.807) is 23.5 Å². The van der Waals surface area contributed by atoms with Crippen molar-refractivity contribution in [3.63, 3.8) is 0 Å². The van der Waals surface area contributed by atoms with Crippen molar-refractivity contribution in [1.82, 2.24) is 4.31 Å². The monoisotopic (exact) mass is 407 g/mol. The van der Waals surface area contributed by atoms with Crippen LogP contribution in [-0.4, -0.2) is 60.2 Å². The van der Waals surface area contributed by atoms with Crippen molar-refractivity contribution in [2.75, 3.05) is 47.5 Å². The number of piperazine rings is 1.